The van der Waals surface area contributed by atoms with Crippen LogP contribution in [-0.2, 0) is 6.54 Å². The Balaban J connectivity index is 0.00000385. The highest BCUT2D eigenvalue weighted by molar-refractivity contribution is 14.0. The number of aliphatic imine (C=N–C) groups is 1. The maximum absolute atomic E-state index is 12.0. The Kier molecular flexibility index (Phi) is 10.9. The summed E-state index contributed by atoms with van der Waals surface area (Å²) >= 11 is 0. The van der Waals surface area contributed by atoms with Gasteiger partial charge in [0.2, 0.25) is 0 Å². The normalized spacial score (nSPS) is 15.4. The number of piperazine rings is 1. The highest BCUT2D eigenvalue weighted by Gasteiger charge is 2.21. The van der Waals surface area contributed by atoms with E-state index in [0.717, 1.165) is 44.2 Å². The summed E-state index contributed by atoms with van der Waals surface area (Å²) in [5, 5.41) is 6.81. The topological polar surface area (TPSA) is 63.2 Å². The second-order valence-corrected chi connectivity index (χ2v) is 8.41. The van der Waals surface area contributed by atoms with Crippen molar-refractivity contribution in [1.29, 1.82) is 0 Å². The smallest absolute Gasteiger partial charge is 0.253 e. The first-order valence-electron chi connectivity index (χ1n) is 11.3. The van der Waals surface area contributed by atoms with Crippen LogP contribution in [0.2, 0.25) is 0 Å². The van der Waals surface area contributed by atoms with Gasteiger partial charge < -0.3 is 20.4 Å². The minimum atomic E-state index is 0. The van der Waals surface area contributed by atoms with Crippen LogP contribution in [-0.4, -0.2) is 81.6 Å². The summed E-state index contributed by atoms with van der Waals surface area (Å²) < 4.78 is 0. The van der Waals surface area contributed by atoms with Gasteiger partial charge in [-0.2, -0.15) is 0 Å². The van der Waals surface area contributed by atoms with Gasteiger partial charge in [0.05, 0.1) is 0 Å². The van der Waals surface area contributed by atoms with Crippen molar-refractivity contribution in [1.82, 2.24) is 20.4 Å². The van der Waals surface area contributed by atoms with Crippen molar-refractivity contribution in [3.8, 4) is 0 Å². The second kappa shape index (κ2) is 13.4. The van der Waals surface area contributed by atoms with Crippen molar-refractivity contribution < 1.29 is 4.79 Å². The molecule has 3 rings (SSSR count). The number of carbonyl (C=O) groups is 1. The number of amides is 1. The van der Waals surface area contributed by atoms with Crippen molar-refractivity contribution >= 4 is 41.5 Å². The van der Waals surface area contributed by atoms with Gasteiger partial charge in [-0.1, -0.05) is 30.3 Å². The number of guanidine groups is 1. The SMILES string of the molecule is CN=C(NCc1ccc(C(=O)N(C)C)cc1)NCC(C)N1CCN(c2ccccc2)CC1.I. The lowest BCUT2D eigenvalue weighted by molar-refractivity contribution is 0.0827. The third-order valence-electron chi connectivity index (χ3n) is 5.91. The van der Waals surface area contributed by atoms with E-state index in [0.29, 0.717) is 18.2 Å². The molecule has 1 fully saturated rings. The molecule has 1 aliphatic heterocycles. The molecule has 1 atom stereocenters. The number of para-hydroxylation sites is 1. The Bertz CT molecular complexity index is 880. The zero-order valence-corrected chi connectivity index (χ0v) is 22.5. The predicted octanol–water partition coefficient (Wildman–Crippen LogP) is 2.88. The zero-order valence-electron chi connectivity index (χ0n) is 20.1. The van der Waals surface area contributed by atoms with Gasteiger partial charge in [0.1, 0.15) is 0 Å². The number of anilines is 1. The summed E-state index contributed by atoms with van der Waals surface area (Å²) in [4.78, 5) is 22.9. The Morgan fingerprint density at radius 1 is 1.00 bits per heavy atom. The maximum Gasteiger partial charge on any atom is 0.253 e. The summed E-state index contributed by atoms with van der Waals surface area (Å²) in [5.41, 5.74) is 3.11. The van der Waals surface area contributed by atoms with Crippen LogP contribution in [0.5, 0.6) is 0 Å². The molecule has 1 aliphatic rings. The molecule has 0 bridgehead atoms. The molecule has 0 radical (unpaired) electrons. The van der Waals surface area contributed by atoms with Crippen LogP contribution < -0.4 is 15.5 Å². The number of rotatable bonds is 7. The molecule has 0 saturated carbocycles. The van der Waals surface area contributed by atoms with Crippen LogP contribution in [0.25, 0.3) is 0 Å². The Labute approximate surface area is 215 Å². The van der Waals surface area contributed by atoms with E-state index in [9.17, 15) is 4.79 Å². The molecule has 7 nitrogen and oxygen atoms in total. The van der Waals surface area contributed by atoms with E-state index < -0.39 is 0 Å². The van der Waals surface area contributed by atoms with Crippen LogP contribution in [0, 0.1) is 0 Å². The molecule has 1 saturated heterocycles. The molecule has 180 valence electrons. The Morgan fingerprint density at radius 2 is 1.64 bits per heavy atom. The standard InChI is InChI=1S/C25H36N6O.HI/c1-20(30-14-16-31(17-15-30)23-8-6-5-7-9-23)18-27-25(26-2)28-19-21-10-12-22(13-11-21)24(32)29(3)4;/h5-13,20H,14-19H2,1-4H3,(H2,26,27,28);1H. The van der Waals surface area contributed by atoms with Gasteiger partial charge in [-0.15, -0.1) is 24.0 Å². The van der Waals surface area contributed by atoms with Crippen LogP contribution in [0.3, 0.4) is 0 Å². The number of nitrogens with one attached hydrogen (secondary N) is 2. The summed E-state index contributed by atoms with van der Waals surface area (Å²) in [6.45, 7) is 7.96. The van der Waals surface area contributed by atoms with Crippen LogP contribution >= 0.6 is 24.0 Å². The molecule has 1 unspecified atom stereocenters. The fourth-order valence-electron chi connectivity index (χ4n) is 3.86. The molecular formula is C25H37IN6O. The van der Waals surface area contributed by atoms with Crippen molar-refractivity contribution in [3.63, 3.8) is 0 Å². The summed E-state index contributed by atoms with van der Waals surface area (Å²) in [6, 6.07) is 18.7. The molecule has 1 amide bonds. The number of carbonyl (C=O) groups excluding carboxylic acids is 1. The van der Waals surface area contributed by atoms with E-state index in [1.807, 2.05) is 24.3 Å². The molecule has 1 heterocycles. The van der Waals surface area contributed by atoms with Gasteiger partial charge in [-0.05, 0) is 36.8 Å². The minimum absolute atomic E-state index is 0. The molecular weight excluding hydrogens is 527 g/mol. The molecule has 2 aromatic carbocycles. The largest absolute Gasteiger partial charge is 0.369 e. The average molecular weight is 565 g/mol. The number of nitrogens with zero attached hydrogens (tertiary/aromatic N) is 4. The first kappa shape index (κ1) is 26.9. The number of hydrogen-bond acceptors (Lipinski definition) is 4. The van der Waals surface area contributed by atoms with Crippen molar-refractivity contribution in [3.05, 3.63) is 65.7 Å². The van der Waals surface area contributed by atoms with Crippen molar-refractivity contribution in [2.24, 2.45) is 4.99 Å². The van der Waals surface area contributed by atoms with Crippen molar-refractivity contribution in [2.45, 2.75) is 19.5 Å². The molecule has 33 heavy (non-hydrogen) atoms. The van der Waals surface area contributed by atoms with E-state index in [1.54, 1.807) is 26.0 Å². The molecule has 0 aliphatic carbocycles. The zero-order chi connectivity index (χ0) is 22.9. The van der Waals surface area contributed by atoms with Crippen molar-refractivity contribution in [2.75, 3.05) is 58.8 Å². The van der Waals surface area contributed by atoms with Gasteiger partial charge in [-0.25, -0.2) is 0 Å². The Hall–Kier alpha value is -2.33. The number of hydrogen-bond donors (Lipinski definition) is 2. The van der Waals surface area contributed by atoms with Gasteiger partial charge >= 0.3 is 0 Å². The lowest BCUT2D eigenvalue weighted by atomic mass is 10.1. The number of benzene rings is 2. The first-order valence-corrected chi connectivity index (χ1v) is 11.3. The number of halogens is 1. The third-order valence-corrected chi connectivity index (χ3v) is 5.91. The van der Waals surface area contributed by atoms with Gasteiger partial charge in [0.15, 0.2) is 5.96 Å². The fraction of sp³-hybridized carbons (Fsp3) is 0.440. The third kappa shape index (κ3) is 7.89. The maximum atomic E-state index is 12.0. The van der Waals surface area contributed by atoms with E-state index in [2.05, 4.69) is 62.7 Å². The minimum Gasteiger partial charge on any atom is -0.369 e. The first-order chi connectivity index (χ1) is 15.5. The van der Waals surface area contributed by atoms with E-state index in [1.165, 1.54) is 5.69 Å². The summed E-state index contributed by atoms with van der Waals surface area (Å²) in [6.07, 6.45) is 0. The lowest BCUT2D eigenvalue weighted by Gasteiger charge is -2.39. The molecule has 0 spiro atoms. The molecule has 8 heteroatoms. The van der Waals surface area contributed by atoms with Crippen LogP contribution in [0.15, 0.2) is 59.6 Å². The van der Waals surface area contributed by atoms with Gasteiger partial charge in [0.25, 0.3) is 5.91 Å². The quantitative estimate of drug-likeness (QED) is 0.308. The average Bonchev–Trinajstić information content (AvgIpc) is 2.84. The molecule has 0 aromatic heterocycles. The van der Waals surface area contributed by atoms with E-state index in [-0.39, 0.29) is 29.9 Å². The van der Waals surface area contributed by atoms with Crippen LogP contribution in [0.1, 0.15) is 22.8 Å². The fourth-order valence-corrected chi connectivity index (χ4v) is 3.86. The van der Waals surface area contributed by atoms with Gasteiger partial charge in [0, 0.05) is 77.7 Å². The highest BCUT2D eigenvalue weighted by Crippen LogP contribution is 2.16. The highest BCUT2D eigenvalue weighted by atomic mass is 127. The van der Waals surface area contributed by atoms with Crippen LogP contribution in [0.4, 0.5) is 5.69 Å². The monoisotopic (exact) mass is 564 g/mol. The van der Waals surface area contributed by atoms with E-state index >= 15 is 0 Å². The molecule has 2 N–H and O–H groups in total. The lowest BCUT2D eigenvalue weighted by Crippen LogP contribution is -2.53. The predicted molar refractivity (Wildman–Crippen MR) is 148 cm³/mol. The summed E-state index contributed by atoms with van der Waals surface area (Å²) in [7, 11) is 5.31. The van der Waals surface area contributed by atoms with Gasteiger partial charge in [-0.3, -0.25) is 14.7 Å². The Morgan fingerprint density at radius 3 is 2.21 bits per heavy atom. The summed E-state index contributed by atoms with van der Waals surface area (Å²) in [5.74, 6) is 0.800. The van der Waals surface area contributed by atoms with E-state index in [4.69, 9.17) is 0 Å². The molecule has 2 aromatic rings. The second-order valence-electron chi connectivity index (χ2n) is 8.41.